The summed E-state index contributed by atoms with van der Waals surface area (Å²) in [7, 11) is 0. The van der Waals surface area contributed by atoms with E-state index < -0.39 is 6.10 Å². The second-order valence-corrected chi connectivity index (χ2v) is 5.36. The fourth-order valence-corrected chi connectivity index (χ4v) is 2.41. The van der Waals surface area contributed by atoms with Crippen LogP contribution in [0.3, 0.4) is 0 Å². The molecule has 2 heterocycles. The number of aryl methyl sites for hydroxylation is 1. The van der Waals surface area contributed by atoms with Crippen molar-refractivity contribution in [2.45, 2.75) is 25.4 Å². The fourth-order valence-electron chi connectivity index (χ4n) is 2.41. The summed E-state index contributed by atoms with van der Waals surface area (Å²) in [6, 6.07) is 9.13. The largest absolute Gasteiger partial charge is 0.467 e. The van der Waals surface area contributed by atoms with Crippen LogP contribution in [0.1, 0.15) is 30.3 Å². The number of nitrogens with one attached hydrogen (secondary N) is 1. The number of fused-ring (bicyclic) bond motifs is 1. The first-order chi connectivity index (χ1) is 11.2. The number of benzene rings is 1. The van der Waals surface area contributed by atoms with E-state index in [1.807, 2.05) is 18.2 Å². The normalized spacial score (nSPS) is 13.8. The highest BCUT2D eigenvalue weighted by Crippen LogP contribution is 2.32. The van der Waals surface area contributed by atoms with E-state index in [-0.39, 0.29) is 12.7 Å². The molecule has 6 nitrogen and oxygen atoms in total. The number of hydrogen-bond acceptors (Lipinski definition) is 5. The predicted octanol–water partition coefficient (Wildman–Crippen LogP) is 2.18. The average Bonchev–Trinajstić information content (AvgIpc) is 3.23. The van der Waals surface area contributed by atoms with Crippen LogP contribution in [0.25, 0.3) is 0 Å². The van der Waals surface area contributed by atoms with E-state index in [2.05, 4.69) is 5.32 Å². The molecule has 0 radical (unpaired) electrons. The Morgan fingerprint density at radius 3 is 2.96 bits per heavy atom. The number of carbonyl (C=O) groups is 1. The van der Waals surface area contributed by atoms with Crippen LogP contribution in [0.2, 0.25) is 0 Å². The maximum absolute atomic E-state index is 11.8. The Balaban J connectivity index is 1.38. The minimum atomic E-state index is -0.695. The summed E-state index contributed by atoms with van der Waals surface area (Å²) in [5.74, 6) is 1.93. The zero-order valence-electron chi connectivity index (χ0n) is 12.7. The van der Waals surface area contributed by atoms with Crippen molar-refractivity contribution in [1.29, 1.82) is 0 Å². The molecule has 1 aromatic heterocycles. The predicted molar refractivity (Wildman–Crippen MR) is 82.2 cm³/mol. The van der Waals surface area contributed by atoms with Gasteiger partial charge in [-0.15, -0.1) is 0 Å². The van der Waals surface area contributed by atoms with Gasteiger partial charge in [-0.2, -0.15) is 0 Å². The van der Waals surface area contributed by atoms with E-state index in [0.29, 0.717) is 31.6 Å². The average molecular weight is 317 g/mol. The number of amides is 1. The Kier molecular flexibility index (Phi) is 4.83. The van der Waals surface area contributed by atoms with Crippen LogP contribution in [0.5, 0.6) is 11.5 Å². The Bertz CT molecular complexity index is 653. The van der Waals surface area contributed by atoms with Gasteiger partial charge in [0.05, 0.1) is 6.26 Å². The van der Waals surface area contributed by atoms with Gasteiger partial charge in [0.2, 0.25) is 12.7 Å². The number of carbonyl (C=O) groups excluding carboxylic acids is 1. The molecule has 2 N–H and O–H groups in total. The maximum Gasteiger partial charge on any atom is 0.231 e. The van der Waals surface area contributed by atoms with E-state index in [0.717, 1.165) is 17.1 Å². The molecular weight excluding hydrogens is 298 g/mol. The zero-order valence-corrected chi connectivity index (χ0v) is 12.7. The molecule has 0 spiro atoms. The molecule has 1 aliphatic heterocycles. The lowest BCUT2D eigenvalue weighted by Crippen LogP contribution is -2.25. The molecule has 3 rings (SSSR count). The van der Waals surface area contributed by atoms with Gasteiger partial charge in [-0.05, 0) is 42.7 Å². The van der Waals surface area contributed by atoms with Crippen molar-refractivity contribution in [3.8, 4) is 11.5 Å². The van der Waals surface area contributed by atoms with Gasteiger partial charge < -0.3 is 24.3 Å². The minimum Gasteiger partial charge on any atom is -0.467 e. The van der Waals surface area contributed by atoms with Gasteiger partial charge in [0.25, 0.3) is 0 Å². The van der Waals surface area contributed by atoms with Crippen LogP contribution in [0, 0.1) is 0 Å². The van der Waals surface area contributed by atoms with Crippen molar-refractivity contribution in [1.82, 2.24) is 5.32 Å². The van der Waals surface area contributed by atoms with Gasteiger partial charge in [0.1, 0.15) is 11.9 Å². The van der Waals surface area contributed by atoms with Gasteiger partial charge in [0.15, 0.2) is 11.5 Å². The van der Waals surface area contributed by atoms with Gasteiger partial charge in [0, 0.05) is 13.0 Å². The molecule has 23 heavy (non-hydrogen) atoms. The third kappa shape index (κ3) is 4.04. The molecule has 0 saturated heterocycles. The van der Waals surface area contributed by atoms with Crippen molar-refractivity contribution < 1.29 is 23.8 Å². The number of hydrogen-bond donors (Lipinski definition) is 2. The van der Waals surface area contributed by atoms with Crippen LogP contribution in [0.15, 0.2) is 41.0 Å². The summed E-state index contributed by atoms with van der Waals surface area (Å²) in [6.07, 6.45) is 2.25. The third-order valence-corrected chi connectivity index (χ3v) is 3.69. The number of aliphatic hydroxyl groups is 1. The third-order valence-electron chi connectivity index (χ3n) is 3.69. The topological polar surface area (TPSA) is 80.9 Å². The number of furan rings is 1. The Hall–Kier alpha value is -2.47. The summed E-state index contributed by atoms with van der Waals surface area (Å²) >= 11 is 0. The summed E-state index contributed by atoms with van der Waals surface area (Å²) in [4.78, 5) is 11.8. The Morgan fingerprint density at radius 2 is 2.13 bits per heavy atom. The molecule has 1 amide bonds. The first kappa shape index (κ1) is 15.4. The van der Waals surface area contributed by atoms with Gasteiger partial charge in [-0.1, -0.05) is 6.07 Å². The second-order valence-electron chi connectivity index (χ2n) is 5.36. The molecule has 1 aliphatic rings. The van der Waals surface area contributed by atoms with Gasteiger partial charge in [-0.3, -0.25) is 4.79 Å². The van der Waals surface area contributed by atoms with E-state index in [1.54, 1.807) is 12.1 Å². The molecule has 1 aromatic carbocycles. The highest BCUT2D eigenvalue weighted by Gasteiger charge is 2.14. The van der Waals surface area contributed by atoms with E-state index in [1.165, 1.54) is 6.26 Å². The lowest BCUT2D eigenvalue weighted by atomic mass is 10.1. The van der Waals surface area contributed by atoms with E-state index >= 15 is 0 Å². The van der Waals surface area contributed by atoms with Gasteiger partial charge in [-0.25, -0.2) is 0 Å². The first-order valence-corrected chi connectivity index (χ1v) is 7.59. The van der Waals surface area contributed by atoms with Crippen molar-refractivity contribution in [2.24, 2.45) is 0 Å². The van der Waals surface area contributed by atoms with E-state index in [9.17, 15) is 9.90 Å². The zero-order chi connectivity index (χ0) is 16.1. The van der Waals surface area contributed by atoms with Crippen LogP contribution in [0.4, 0.5) is 0 Å². The van der Waals surface area contributed by atoms with Crippen LogP contribution < -0.4 is 14.8 Å². The fraction of sp³-hybridized carbons (Fsp3) is 0.353. The van der Waals surface area contributed by atoms with Crippen LogP contribution in [-0.4, -0.2) is 24.4 Å². The second kappa shape index (κ2) is 7.19. The van der Waals surface area contributed by atoms with Crippen molar-refractivity contribution >= 4 is 5.91 Å². The van der Waals surface area contributed by atoms with Crippen LogP contribution >= 0.6 is 0 Å². The standard InChI is InChI=1S/C17H19NO5/c19-13(14-2-1-9-21-14)7-8-18-17(20)6-4-12-3-5-15-16(10-12)23-11-22-15/h1-3,5,9-10,13,19H,4,6-8,11H2,(H,18,20)/t13-/m1/s1. The molecule has 0 unspecified atom stereocenters. The highest BCUT2D eigenvalue weighted by molar-refractivity contribution is 5.76. The minimum absolute atomic E-state index is 0.0469. The first-order valence-electron chi connectivity index (χ1n) is 7.59. The van der Waals surface area contributed by atoms with Crippen molar-refractivity contribution in [3.05, 3.63) is 47.9 Å². The van der Waals surface area contributed by atoms with Crippen LogP contribution in [-0.2, 0) is 11.2 Å². The molecule has 2 aromatic rings. The smallest absolute Gasteiger partial charge is 0.231 e. The summed E-state index contributed by atoms with van der Waals surface area (Å²) in [6.45, 7) is 0.652. The molecule has 0 saturated carbocycles. The van der Waals surface area contributed by atoms with Gasteiger partial charge >= 0.3 is 0 Å². The number of aliphatic hydroxyl groups excluding tert-OH is 1. The molecule has 0 aliphatic carbocycles. The molecular formula is C17H19NO5. The van der Waals surface area contributed by atoms with Crippen molar-refractivity contribution in [3.63, 3.8) is 0 Å². The molecule has 0 bridgehead atoms. The highest BCUT2D eigenvalue weighted by atomic mass is 16.7. The number of rotatable bonds is 7. The quantitative estimate of drug-likeness (QED) is 0.818. The molecule has 0 fully saturated rings. The Morgan fingerprint density at radius 1 is 1.26 bits per heavy atom. The Labute approximate surface area is 134 Å². The molecule has 122 valence electrons. The van der Waals surface area contributed by atoms with E-state index in [4.69, 9.17) is 13.9 Å². The number of ether oxygens (including phenoxy) is 2. The summed E-state index contributed by atoms with van der Waals surface area (Å²) < 4.78 is 15.7. The summed E-state index contributed by atoms with van der Waals surface area (Å²) in [5.41, 5.74) is 1.03. The molecule has 6 heteroatoms. The van der Waals surface area contributed by atoms with Crippen molar-refractivity contribution in [2.75, 3.05) is 13.3 Å². The maximum atomic E-state index is 11.8. The molecule has 1 atom stereocenters. The SMILES string of the molecule is O=C(CCc1ccc2c(c1)OCO2)NCC[C@@H](O)c1ccco1. The lowest BCUT2D eigenvalue weighted by molar-refractivity contribution is -0.121. The monoisotopic (exact) mass is 317 g/mol. The lowest BCUT2D eigenvalue weighted by Gasteiger charge is -2.09. The summed E-state index contributed by atoms with van der Waals surface area (Å²) in [5, 5.41) is 12.7.